The average molecular weight is 488 g/mol. The summed E-state index contributed by atoms with van der Waals surface area (Å²) in [4.78, 5) is 26.2. The molecule has 0 unspecified atom stereocenters. The number of rotatable bonds is 6. The highest BCUT2D eigenvalue weighted by Gasteiger charge is 2.26. The number of benzene rings is 1. The first-order valence-corrected chi connectivity index (χ1v) is 12.3. The highest BCUT2D eigenvalue weighted by atomic mass is 32.2. The first-order chi connectivity index (χ1) is 16.1. The predicted octanol–water partition coefficient (Wildman–Crippen LogP) is 4.31. The van der Waals surface area contributed by atoms with Crippen LogP contribution in [0.4, 0.5) is 5.00 Å². The number of esters is 1. The molecular formula is C22H21N3O6S2. The monoisotopic (exact) mass is 487 g/mol. The number of amides is 1. The van der Waals surface area contributed by atoms with Crippen LogP contribution in [0.5, 0.6) is 11.5 Å². The Labute approximate surface area is 197 Å². The summed E-state index contributed by atoms with van der Waals surface area (Å²) in [6, 6.07) is 5.35. The summed E-state index contributed by atoms with van der Waals surface area (Å²) in [5.74, 6) is 1.00. The van der Waals surface area contributed by atoms with Crippen LogP contribution < -0.4 is 14.8 Å². The summed E-state index contributed by atoms with van der Waals surface area (Å²) in [5, 5.41) is 11.8. The summed E-state index contributed by atoms with van der Waals surface area (Å²) in [6.45, 7) is 0.184. The van der Waals surface area contributed by atoms with Crippen LogP contribution in [-0.4, -0.2) is 41.7 Å². The van der Waals surface area contributed by atoms with Crippen molar-refractivity contribution in [1.82, 2.24) is 10.2 Å². The number of anilines is 1. The zero-order valence-corrected chi connectivity index (χ0v) is 19.5. The third-order valence-electron chi connectivity index (χ3n) is 5.42. The van der Waals surface area contributed by atoms with E-state index in [0.717, 1.165) is 54.3 Å². The number of nitrogens with one attached hydrogen (secondary N) is 1. The molecule has 0 bridgehead atoms. The molecule has 11 heteroatoms. The Morgan fingerprint density at radius 2 is 2.00 bits per heavy atom. The molecule has 0 fully saturated rings. The Morgan fingerprint density at radius 3 is 2.88 bits per heavy atom. The van der Waals surface area contributed by atoms with Gasteiger partial charge in [0, 0.05) is 10.4 Å². The van der Waals surface area contributed by atoms with Gasteiger partial charge in [-0.3, -0.25) is 4.79 Å². The van der Waals surface area contributed by atoms with Gasteiger partial charge < -0.3 is 23.9 Å². The molecule has 33 heavy (non-hydrogen) atoms. The Hall–Kier alpha value is -3.05. The van der Waals surface area contributed by atoms with Crippen molar-refractivity contribution in [2.24, 2.45) is 0 Å². The maximum atomic E-state index is 12.6. The Morgan fingerprint density at radius 1 is 1.15 bits per heavy atom. The molecule has 1 aromatic carbocycles. The molecule has 0 saturated carbocycles. The molecule has 1 N–H and O–H groups in total. The van der Waals surface area contributed by atoms with E-state index >= 15 is 0 Å². The van der Waals surface area contributed by atoms with Crippen LogP contribution in [-0.2, 0) is 22.4 Å². The van der Waals surface area contributed by atoms with Gasteiger partial charge in [-0.2, -0.15) is 0 Å². The standard InChI is InChI=1S/C22H21N3O6S2/c1-28-21(27)18-13-5-3-2-4-6-16(13)33-20(18)23-17(26)10-32-22-25-24-19(31-22)12-7-8-14-15(9-12)30-11-29-14/h7-9H,2-6,10-11H2,1H3,(H,23,26). The van der Waals surface area contributed by atoms with E-state index in [2.05, 4.69) is 15.5 Å². The van der Waals surface area contributed by atoms with Crippen LogP contribution in [0.2, 0.25) is 0 Å². The number of thioether (sulfide) groups is 1. The van der Waals surface area contributed by atoms with Gasteiger partial charge in [0.15, 0.2) is 11.5 Å². The molecule has 1 aliphatic heterocycles. The van der Waals surface area contributed by atoms with Crippen LogP contribution in [0.1, 0.15) is 40.1 Å². The molecule has 0 saturated heterocycles. The molecule has 0 spiro atoms. The van der Waals surface area contributed by atoms with Crippen molar-refractivity contribution >= 4 is 40.0 Å². The van der Waals surface area contributed by atoms with Gasteiger partial charge in [-0.25, -0.2) is 4.79 Å². The second kappa shape index (κ2) is 9.44. The van der Waals surface area contributed by atoms with E-state index in [-0.39, 0.29) is 23.7 Å². The third kappa shape index (κ3) is 4.55. The molecule has 2 aromatic heterocycles. The van der Waals surface area contributed by atoms with Gasteiger partial charge in [-0.05, 0) is 49.4 Å². The predicted molar refractivity (Wildman–Crippen MR) is 122 cm³/mol. The first kappa shape index (κ1) is 21.8. The Balaban J connectivity index is 1.25. The molecule has 1 aliphatic carbocycles. The smallest absolute Gasteiger partial charge is 0.341 e. The van der Waals surface area contributed by atoms with E-state index in [9.17, 15) is 9.59 Å². The second-order valence-corrected chi connectivity index (χ2v) is 9.57. The Kier molecular flexibility index (Phi) is 6.23. The van der Waals surface area contributed by atoms with Gasteiger partial charge in [0.1, 0.15) is 5.00 Å². The molecule has 3 heterocycles. The fourth-order valence-corrected chi connectivity index (χ4v) is 5.71. The maximum absolute atomic E-state index is 12.6. The van der Waals surface area contributed by atoms with Crippen molar-refractivity contribution < 1.29 is 28.2 Å². The number of ether oxygens (including phenoxy) is 3. The molecule has 172 valence electrons. The SMILES string of the molecule is COC(=O)c1c(NC(=O)CSc2nnc(-c3ccc4c(c3)OCO4)o2)sc2c1CCCCC2. The van der Waals surface area contributed by atoms with Crippen LogP contribution >= 0.6 is 23.1 Å². The molecule has 5 rings (SSSR count). The number of nitrogens with zero attached hydrogens (tertiary/aromatic N) is 2. The van der Waals surface area contributed by atoms with Crippen LogP contribution in [0, 0.1) is 0 Å². The number of aromatic nitrogens is 2. The number of fused-ring (bicyclic) bond motifs is 2. The summed E-state index contributed by atoms with van der Waals surface area (Å²) in [5.41, 5.74) is 2.20. The lowest BCUT2D eigenvalue weighted by Gasteiger charge is -2.07. The lowest BCUT2D eigenvalue weighted by Crippen LogP contribution is -2.16. The van der Waals surface area contributed by atoms with Crippen molar-refractivity contribution in [3.8, 4) is 23.0 Å². The fraction of sp³-hybridized carbons (Fsp3) is 0.364. The number of methoxy groups -OCH3 is 1. The van der Waals surface area contributed by atoms with Crippen LogP contribution in [0.15, 0.2) is 27.8 Å². The van der Waals surface area contributed by atoms with E-state index in [1.165, 1.54) is 18.4 Å². The topological polar surface area (TPSA) is 113 Å². The number of carbonyl (C=O) groups excluding carboxylic acids is 2. The minimum atomic E-state index is -0.414. The normalized spacial score (nSPS) is 14.5. The summed E-state index contributed by atoms with van der Waals surface area (Å²) in [7, 11) is 1.36. The van der Waals surface area contributed by atoms with Crippen molar-refractivity contribution in [3.05, 3.63) is 34.2 Å². The van der Waals surface area contributed by atoms with Crippen molar-refractivity contribution in [2.45, 2.75) is 37.3 Å². The molecule has 9 nitrogen and oxygen atoms in total. The first-order valence-electron chi connectivity index (χ1n) is 10.5. The minimum absolute atomic E-state index is 0.0615. The molecule has 3 aromatic rings. The zero-order chi connectivity index (χ0) is 22.8. The summed E-state index contributed by atoms with van der Waals surface area (Å²) in [6.07, 6.45) is 4.99. The van der Waals surface area contributed by atoms with Gasteiger partial charge in [0.2, 0.25) is 18.6 Å². The quantitative estimate of drug-likeness (QED) is 0.309. The van der Waals surface area contributed by atoms with Crippen LogP contribution in [0.3, 0.4) is 0 Å². The van der Waals surface area contributed by atoms with Gasteiger partial charge in [-0.1, -0.05) is 18.2 Å². The van der Waals surface area contributed by atoms with E-state index in [1.54, 1.807) is 18.2 Å². The number of aryl methyl sites for hydroxylation is 1. The average Bonchev–Trinajstić information content (AvgIpc) is 3.52. The molecule has 0 radical (unpaired) electrons. The van der Waals surface area contributed by atoms with Crippen molar-refractivity contribution in [3.63, 3.8) is 0 Å². The maximum Gasteiger partial charge on any atom is 0.341 e. The minimum Gasteiger partial charge on any atom is -0.465 e. The zero-order valence-electron chi connectivity index (χ0n) is 17.8. The lowest BCUT2D eigenvalue weighted by atomic mass is 10.1. The van der Waals surface area contributed by atoms with E-state index < -0.39 is 5.97 Å². The molecule has 0 atom stereocenters. The van der Waals surface area contributed by atoms with Crippen LogP contribution in [0.25, 0.3) is 11.5 Å². The van der Waals surface area contributed by atoms with Gasteiger partial charge in [0.25, 0.3) is 5.22 Å². The Bertz CT molecular complexity index is 1200. The number of hydrogen-bond acceptors (Lipinski definition) is 10. The number of carbonyl (C=O) groups is 2. The summed E-state index contributed by atoms with van der Waals surface area (Å²) < 4.78 is 21.3. The van der Waals surface area contributed by atoms with Gasteiger partial charge in [0.05, 0.1) is 18.4 Å². The third-order valence-corrected chi connectivity index (χ3v) is 7.44. The summed E-state index contributed by atoms with van der Waals surface area (Å²) >= 11 is 2.59. The molecule has 1 amide bonds. The van der Waals surface area contributed by atoms with Gasteiger partial charge in [-0.15, -0.1) is 21.5 Å². The largest absolute Gasteiger partial charge is 0.465 e. The van der Waals surface area contributed by atoms with Crippen molar-refractivity contribution in [1.29, 1.82) is 0 Å². The van der Waals surface area contributed by atoms with E-state index in [4.69, 9.17) is 18.6 Å². The molecule has 2 aliphatic rings. The highest BCUT2D eigenvalue weighted by molar-refractivity contribution is 7.99. The highest BCUT2D eigenvalue weighted by Crippen LogP contribution is 2.38. The van der Waals surface area contributed by atoms with Gasteiger partial charge >= 0.3 is 5.97 Å². The number of hydrogen-bond donors (Lipinski definition) is 1. The van der Waals surface area contributed by atoms with E-state index in [0.29, 0.717) is 33.5 Å². The lowest BCUT2D eigenvalue weighted by molar-refractivity contribution is -0.113. The number of thiophene rings is 1. The van der Waals surface area contributed by atoms with Crippen molar-refractivity contribution in [2.75, 3.05) is 25.0 Å². The second-order valence-electron chi connectivity index (χ2n) is 7.54. The fourth-order valence-electron chi connectivity index (χ4n) is 3.85. The van der Waals surface area contributed by atoms with E-state index in [1.807, 2.05) is 0 Å². The molecular weight excluding hydrogens is 466 g/mol.